The molecule has 1 saturated heterocycles. The van der Waals surface area contributed by atoms with Crippen LogP contribution >= 0.6 is 12.4 Å². The Bertz CT molecular complexity index is 763. The average Bonchev–Trinajstić information content (AvgIpc) is 3.19. The van der Waals surface area contributed by atoms with Crippen molar-refractivity contribution in [3.8, 4) is 0 Å². The molecule has 1 aliphatic rings. The van der Waals surface area contributed by atoms with Gasteiger partial charge in [-0.3, -0.25) is 14.3 Å². The molecular formula is C19H26ClN5O3. The van der Waals surface area contributed by atoms with Crippen LogP contribution in [0.3, 0.4) is 0 Å². The summed E-state index contributed by atoms with van der Waals surface area (Å²) in [4.78, 5) is 24.4. The predicted octanol–water partition coefficient (Wildman–Crippen LogP) is 1.31. The summed E-state index contributed by atoms with van der Waals surface area (Å²) in [5.74, 6) is -0.164. The van der Waals surface area contributed by atoms with Gasteiger partial charge in [0.15, 0.2) is 0 Å². The summed E-state index contributed by atoms with van der Waals surface area (Å²) in [6, 6.07) is 8.61. The van der Waals surface area contributed by atoms with Crippen molar-refractivity contribution in [2.75, 3.05) is 18.5 Å². The summed E-state index contributed by atoms with van der Waals surface area (Å²) in [6.45, 7) is 1.82. The zero-order valence-corrected chi connectivity index (χ0v) is 16.4. The largest absolute Gasteiger partial charge is 0.381 e. The topological polar surface area (TPSA) is 111 Å². The van der Waals surface area contributed by atoms with Gasteiger partial charge < -0.3 is 21.1 Å². The molecule has 8 nitrogen and oxygen atoms in total. The van der Waals surface area contributed by atoms with Crippen molar-refractivity contribution in [1.82, 2.24) is 15.1 Å². The molecule has 2 aromatic rings. The molecule has 1 fully saturated rings. The van der Waals surface area contributed by atoms with Crippen LogP contribution in [0.25, 0.3) is 0 Å². The van der Waals surface area contributed by atoms with Gasteiger partial charge in [0, 0.05) is 37.8 Å². The molecule has 1 unspecified atom stereocenters. The second-order valence-corrected chi connectivity index (χ2v) is 6.65. The first kappa shape index (κ1) is 21.9. The van der Waals surface area contributed by atoms with Crippen LogP contribution in [0.5, 0.6) is 0 Å². The van der Waals surface area contributed by atoms with E-state index in [0.29, 0.717) is 25.4 Å². The average molecular weight is 408 g/mol. The van der Waals surface area contributed by atoms with Gasteiger partial charge in [-0.1, -0.05) is 12.1 Å². The van der Waals surface area contributed by atoms with Crippen LogP contribution in [0.4, 0.5) is 5.69 Å². The quantitative estimate of drug-likeness (QED) is 0.640. The Kier molecular flexibility index (Phi) is 8.43. The lowest BCUT2D eigenvalue weighted by Crippen LogP contribution is -2.46. The number of nitrogens with two attached hydrogens (primary N) is 1. The highest BCUT2D eigenvalue weighted by Gasteiger charge is 2.26. The molecule has 2 amide bonds. The molecule has 1 atom stereocenters. The molecule has 28 heavy (non-hydrogen) atoms. The number of anilines is 1. The molecule has 0 spiro atoms. The molecule has 3 rings (SSSR count). The molecule has 1 aliphatic heterocycles. The molecule has 1 aromatic heterocycles. The van der Waals surface area contributed by atoms with Gasteiger partial charge in [-0.2, -0.15) is 5.10 Å². The lowest BCUT2D eigenvalue weighted by atomic mass is 9.92. The minimum absolute atomic E-state index is 0. The maximum atomic E-state index is 12.3. The molecule has 2 heterocycles. The predicted molar refractivity (Wildman–Crippen MR) is 108 cm³/mol. The van der Waals surface area contributed by atoms with Crippen LogP contribution < -0.4 is 16.4 Å². The highest BCUT2D eigenvalue weighted by molar-refractivity contribution is 5.90. The van der Waals surface area contributed by atoms with E-state index in [0.717, 1.165) is 18.4 Å². The van der Waals surface area contributed by atoms with Gasteiger partial charge in [-0.15, -0.1) is 12.4 Å². The molecule has 4 N–H and O–H groups in total. The second-order valence-electron chi connectivity index (χ2n) is 6.65. The number of carbonyl (C=O) groups is 2. The standard InChI is InChI=1S/C19H25N5O3.ClH/c20-18(15-5-9-27-10-6-15)19(26)21-12-14-3-1-4-16(11-14)23-17(25)13-24-8-2-7-22-24;/h1-4,7-8,11,15,18H,5-6,9-10,12-13,20H2,(H,21,26)(H,23,25);1H. The van der Waals surface area contributed by atoms with Crippen LogP contribution in [0.2, 0.25) is 0 Å². The van der Waals surface area contributed by atoms with E-state index < -0.39 is 6.04 Å². The van der Waals surface area contributed by atoms with Crippen molar-refractivity contribution in [2.24, 2.45) is 11.7 Å². The fourth-order valence-electron chi connectivity index (χ4n) is 3.10. The summed E-state index contributed by atoms with van der Waals surface area (Å²) in [5, 5.41) is 9.72. The van der Waals surface area contributed by atoms with E-state index in [1.807, 2.05) is 18.2 Å². The molecule has 1 aromatic carbocycles. The zero-order chi connectivity index (χ0) is 19.1. The lowest BCUT2D eigenvalue weighted by molar-refractivity contribution is -0.124. The second kappa shape index (κ2) is 10.8. The minimum atomic E-state index is -0.522. The Labute approximate surface area is 170 Å². The normalized spacial score (nSPS) is 15.3. The molecular weight excluding hydrogens is 382 g/mol. The van der Waals surface area contributed by atoms with Gasteiger partial charge >= 0.3 is 0 Å². The maximum absolute atomic E-state index is 12.3. The Balaban J connectivity index is 0.00000280. The summed E-state index contributed by atoms with van der Waals surface area (Å²) >= 11 is 0. The number of benzene rings is 1. The molecule has 9 heteroatoms. The van der Waals surface area contributed by atoms with Crippen molar-refractivity contribution in [3.05, 3.63) is 48.3 Å². The van der Waals surface area contributed by atoms with Crippen molar-refractivity contribution < 1.29 is 14.3 Å². The van der Waals surface area contributed by atoms with Gasteiger partial charge in [0.1, 0.15) is 6.54 Å². The highest BCUT2D eigenvalue weighted by atomic mass is 35.5. The van der Waals surface area contributed by atoms with Gasteiger partial charge in [0.05, 0.1) is 6.04 Å². The number of nitrogens with zero attached hydrogens (tertiary/aromatic N) is 2. The van der Waals surface area contributed by atoms with Crippen molar-refractivity contribution in [1.29, 1.82) is 0 Å². The first-order valence-electron chi connectivity index (χ1n) is 9.09. The third-order valence-electron chi connectivity index (χ3n) is 4.62. The fourth-order valence-corrected chi connectivity index (χ4v) is 3.10. The molecule has 0 saturated carbocycles. The number of ether oxygens (including phenoxy) is 1. The highest BCUT2D eigenvalue weighted by Crippen LogP contribution is 2.18. The first-order valence-corrected chi connectivity index (χ1v) is 9.09. The Morgan fingerprint density at radius 1 is 1.29 bits per heavy atom. The summed E-state index contributed by atoms with van der Waals surface area (Å²) < 4.78 is 6.86. The fraction of sp³-hybridized carbons (Fsp3) is 0.421. The van der Waals surface area contributed by atoms with E-state index in [4.69, 9.17) is 10.5 Å². The zero-order valence-electron chi connectivity index (χ0n) is 15.5. The lowest BCUT2D eigenvalue weighted by Gasteiger charge is -2.26. The number of carbonyl (C=O) groups excluding carboxylic acids is 2. The minimum Gasteiger partial charge on any atom is -0.381 e. The third-order valence-corrected chi connectivity index (χ3v) is 4.62. The smallest absolute Gasteiger partial charge is 0.246 e. The van der Waals surface area contributed by atoms with E-state index in [1.54, 1.807) is 29.2 Å². The van der Waals surface area contributed by atoms with Crippen LogP contribution in [-0.2, 0) is 27.4 Å². The van der Waals surface area contributed by atoms with E-state index in [-0.39, 0.29) is 36.7 Å². The van der Waals surface area contributed by atoms with E-state index in [9.17, 15) is 9.59 Å². The molecule has 152 valence electrons. The van der Waals surface area contributed by atoms with Crippen molar-refractivity contribution in [2.45, 2.75) is 32.0 Å². The monoisotopic (exact) mass is 407 g/mol. The Hall–Kier alpha value is -2.42. The van der Waals surface area contributed by atoms with Crippen molar-refractivity contribution >= 4 is 29.9 Å². The van der Waals surface area contributed by atoms with Crippen molar-refractivity contribution in [3.63, 3.8) is 0 Å². The van der Waals surface area contributed by atoms with Gasteiger partial charge in [0.2, 0.25) is 11.8 Å². The number of hydrogen-bond acceptors (Lipinski definition) is 5. The molecule has 0 bridgehead atoms. The molecule has 0 radical (unpaired) electrons. The van der Waals surface area contributed by atoms with Crippen LogP contribution in [0.1, 0.15) is 18.4 Å². The van der Waals surface area contributed by atoms with Crippen LogP contribution in [-0.4, -0.2) is 40.9 Å². The first-order chi connectivity index (χ1) is 13.1. The van der Waals surface area contributed by atoms with Crippen LogP contribution in [0.15, 0.2) is 42.7 Å². The third kappa shape index (κ3) is 6.33. The summed E-state index contributed by atoms with van der Waals surface area (Å²) in [7, 11) is 0. The van der Waals surface area contributed by atoms with Gasteiger partial charge in [-0.25, -0.2) is 0 Å². The summed E-state index contributed by atoms with van der Waals surface area (Å²) in [6.07, 6.45) is 4.98. The number of hydrogen-bond donors (Lipinski definition) is 3. The summed E-state index contributed by atoms with van der Waals surface area (Å²) in [5.41, 5.74) is 7.65. The van der Waals surface area contributed by atoms with E-state index >= 15 is 0 Å². The van der Waals surface area contributed by atoms with Gasteiger partial charge in [0.25, 0.3) is 0 Å². The van der Waals surface area contributed by atoms with E-state index in [1.165, 1.54) is 0 Å². The van der Waals surface area contributed by atoms with Gasteiger partial charge in [-0.05, 0) is 42.5 Å². The number of halogens is 1. The SMILES string of the molecule is Cl.NC(C(=O)NCc1cccc(NC(=O)Cn2cccn2)c1)C1CCOCC1. The van der Waals surface area contributed by atoms with E-state index in [2.05, 4.69) is 15.7 Å². The number of amides is 2. The Morgan fingerprint density at radius 3 is 2.79 bits per heavy atom. The van der Waals surface area contributed by atoms with Crippen LogP contribution in [0, 0.1) is 5.92 Å². The number of aromatic nitrogens is 2. The maximum Gasteiger partial charge on any atom is 0.246 e. The number of nitrogens with one attached hydrogen (secondary N) is 2. The molecule has 0 aliphatic carbocycles. The number of rotatable bonds is 7. The Morgan fingerprint density at radius 2 is 2.07 bits per heavy atom.